The highest BCUT2D eigenvalue weighted by atomic mass is 32.1. The SMILES string of the molecule is CCOc1ccc(CC(=O)N2CCN(Cc3nc(-c4cccs4)cs3)CC2)cc1. The first kappa shape index (κ1) is 20.1. The van der Waals surface area contributed by atoms with E-state index in [2.05, 4.69) is 27.8 Å². The average molecular weight is 428 g/mol. The molecule has 1 amide bonds. The van der Waals surface area contributed by atoms with Crippen LogP contribution in [0.15, 0.2) is 47.2 Å². The summed E-state index contributed by atoms with van der Waals surface area (Å²) in [5.41, 5.74) is 2.11. The van der Waals surface area contributed by atoms with E-state index >= 15 is 0 Å². The molecule has 0 atom stereocenters. The third-order valence-electron chi connectivity index (χ3n) is 5.00. The topological polar surface area (TPSA) is 45.7 Å². The Labute approximate surface area is 179 Å². The molecule has 1 fully saturated rings. The maximum atomic E-state index is 12.6. The zero-order chi connectivity index (χ0) is 20.1. The van der Waals surface area contributed by atoms with Gasteiger partial charge in [-0.2, -0.15) is 0 Å². The molecule has 0 unspecified atom stereocenters. The van der Waals surface area contributed by atoms with Crippen LogP contribution < -0.4 is 4.74 Å². The van der Waals surface area contributed by atoms with E-state index in [1.165, 1.54) is 4.88 Å². The fourth-order valence-corrected chi connectivity index (χ4v) is 5.02. The number of hydrogen-bond donors (Lipinski definition) is 0. The molecule has 2 aromatic heterocycles. The van der Waals surface area contributed by atoms with Gasteiger partial charge in [-0.25, -0.2) is 4.98 Å². The van der Waals surface area contributed by atoms with Crippen LogP contribution in [0.1, 0.15) is 17.5 Å². The monoisotopic (exact) mass is 427 g/mol. The number of benzene rings is 1. The van der Waals surface area contributed by atoms with Gasteiger partial charge in [-0.1, -0.05) is 18.2 Å². The number of nitrogens with zero attached hydrogens (tertiary/aromatic N) is 3. The van der Waals surface area contributed by atoms with Crippen molar-refractivity contribution in [2.45, 2.75) is 19.9 Å². The molecule has 0 bridgehead atoms. The molecule has 4 rings (SSSR count). The van der Waals surface area contributed by atoms with Crippen molar-refractivity contribution in [3.8, 4) is 16.3 Å². The highest BCUT2D eigenvalue weighted by Gasteiger charge is 2.22. The molecule has 1 aliphatic heterocycles. The van der Waals surface area contributed by atoms with Crippen molar-refractivity contribution in [3.05, 3.63) is 57.7 Å². The molecule has 0 spiro atoms. The van der Waals surface area contributed by atoms with Crippen LogP contribution in [0.2, 0.25) is 0 Å². The Morgan fingerprint density at radius 3 is 2.59 bits per heavy atom. The largest absolute Gasteiger partial charge is 0.494 e. The van der Waals surface area contributed by atoms with Crippen molar-refractivity contribution in [3.63, 3.8) is 0 Å². The lowest BCUT2D eigenvalue weighted by atomic mass is 10.1. The summed E-state index contributed by atoms with van der Waals surface area (Å²) in [7, 11) is 0. The predicted molar refractivity (Wildman–Crippen MR) is 119 cm³/mol. The molecular weight excluding hydrogens is 402 g/mol. The molecule has 152 valence electrons. The lowest BCUT2D eigenvalue weighted by Gasteiger charge is -2.34. The van der Waals surface area contributed by atoms with Crippen molar-refractivity contribution < 1.29 is 9.53 Å². The van der Waals surface area contributed by atoms with Crippen LogP contribution in [0, 0.1) is 0 Å². The van der Waals surface area contributed by atoms with Crippen molar-refractivity contribution in [2.75, 3.05) is 32.8 Å². The molecule has 3 heterocycles. The highest BCUT2D eigenvalue weighted by molar-refractivity contribution is 7.14. The first-order valence-electron chi connectivity index (χ1n) is 9.91. The number of piperazine rings is 1. The van der Waals surface area contributed by atoms with Crippen LogP contribution in [0.5, 0.6) is 5.75 Å². The van der Waals surface area contributed by atoms with E-state index in [1.807, 2.05) is 36.1 Å². The second-order valence-corrected chi connectivity index (χ2v) is 8.90. The van der Waals surface area contributed by atoms with E-state index in [0.717, 1.165) is 54.7 Å². The number of carbonyl (C=O) groups is 1. The van der Waals surface area contributed by atoms with Gasteiger partial charge in [-0.05, 0) is 36.1 Å². The Kier molecular flexibility index (Phi) is 6.59. The molecule has 0 aliphatic carbocycles. The third kappa shape index (κ3) is 5.23. The molecule has 1 saturated heterocycles. The van der Waals surface area contributed by atoms with Crippen LogP contribution in [-0.2, 0) is 17.8 Å². The van der Waals surface area contributed by atoms with Gasteiger partial charge >= 0.3 is 0 Å². The van der Waals surface area contributed by atoms with Crippen molar-refractivity contribution >= 4 is 28.6 Å². The Bertz CT molecular complexity index is 914. The molecule has 1 aliphatic rings. The molecule has 7 heteroatoms. The second kappa shape index (κ2) is 9.52. The maximum Gasteiger partial charge on any atom is 0.227 e. The summed E-state index contributed by atoms with van der Waals surface area (Å²) in [6, 6.07) is 12.0. The Hall–Kier alpha value is -2.22. The smallest absolute Gasteiger partial charge is 0.227 e. The van der Waals surface area contributed by atoms with Gasteiger partial charge in [0, 0.05) is 31.6 Å². The van der Waals surface area contributed by atoms with E-state index in [-0.39, 0.29) is 5.91 Å². The van der Waals surface area contributed by atoms with E-state index in [1.54, 1.807) is 22.7 Å². The molecule has 0 radical (unpaired) electrons. The average Bonchev–Trinajstić information content (AvgIpc) is 3.42. The Morgan fingerprint density at radius 2 is 1.90 bits per heavy atom. The first-order valence-corrected chi connectivity index (χ1v) is 11.7. The summed E-state index contributed by atoms with van der Waals surface area (Å²) in [6.45, 7) is 6.81. The third-order valence-corrected chi connectivity index (χ3v) is 6.72. The summed E-state index contributed by atoms with van der Waals surface area (Å²) < 4.78 is 5.46. The fourth-order valence-electron chi connectivity index (χ4n) is 3.42. The zero-order valence-corrected chi connectivity index (χ0v) is 18.2. The number of aromatic nitrogens is 1. The standard InChI is InChI=1S/C22H25N3O2S2/c1-2-27-18-7-5-17(6-8-18)14-22(26)25-11-9-24(10-12-25)15-21-23-19(16-29-21)20-4-3-13-28-20/h3-8,13,16H,2,9-12,14-15H2,1H3. The van der Waals surface area contributed by atoms with Crippen molar-refractivity contribution in [1.82, 2.24) is 14.8 Å². The fraction of sp³-hybridized carbons (Fsp3) is 0.364. The van der Waals surface area contributed by atoms with Gasteiger partial charge in [0.15, 0.2) is 0 Å². The number of carbonyl (C=O) groups excluding carboxylic acids is 1. The minimum atomic E-state index is 0.197. The van der Waals surface area contributed by atoms with Gasteiger partial charge in [-0.15, -0.1) is 22.7 Å². The molecule has 5 nitrogen and oxygen atoms in total. The first-order chi connectivity index (χ1) is 14.2. The number of thiazole rings is 1. The number of ether oxygens (including phenoxy) is 1. The summed E-state index contributed by atoms with van der Waals surface area (Å²) in [6.07, 6.45) is 0.447. The molecule has 3 aromatic rings. The summed E-state index contributed by atoms with van der Waals surface area (Å²) >= 11 is 3.44. The molecule has 0 saturated carbocycles. The number of hydrogen-bond acceptors (Lipinski definition) is 6. The molecule has 1 aromatic carbocycles. The quantitative estimate of drug-likeness (QED) is 0.568. The van der Waals surface area contributed by atoms with Crippen molar-refractivity contribution in [2.24, 2.45) is 0 Å². The van der Waals surface area contributed by atoms with Crippen LogP contribution >= 0.6 is 22.7 Å². The maximum absolute atomic E-state index is 12.6. The van der Waals surface area contributed by atoms with E-state index in [4.69, 9.17) is 9.72 Å². The van der Waals surface area contributed by atoms with Gasteiger partial charge in [-0.3, -0.25) is 9.69 Å². The van der Waals surface area contributed by atoms with E-state index in [9.17, 15) is 4.79 Å². The predicted octanol–water partition coefficient (Wildman–Crippen LogP) is 4.16. The van der Waals surface area contributed by atoms with E-state index < -0.39 is 0 Å². The molecular formula is C22H25N3O2S2. The van der Waals surface area contributed by atoms with E-state index in [0.29, 0.717) is 13.0 Å². The number of amides is 1. The van der Waals surface area contributed by atoms with Crippen LogP contribution in [0.4, 0.5) is 0 Å². The van der Waals surface area contributed by atoms with Gasteiger partial charge in [0.1, 0.15) is 10.8 Å². The van der Waals surface area contributed by atoms with Crippen LogP contribution in [0.25, 0.3) is 10.6 Å². The summed E-state index contributed by atoms with van der Waals surface area (Å²) in [5, 5.41) is 5.36. The number of rotatable bonds is 7. The molecule has 0 N–H and O–H groups in total. The Morgan fingerprint density at radius 1 is 1.10 bits per heavy atom. The minimum Gasteiger partial charge on any atom is -0.494 e. The van der Waals surface area contributed by atoms with Gasteiger partial charge in [0.2, 0.25) is 5.91 Å². The Balaban J connectivity index is 1.25. The summed E-state index contributed by atoms with van der Waals surface area (Å²) in [4.78, 5) is 23.0. The normalized spacial score (nSPS) is 14.9. The number of thiophene rings is 1. The van der Waals surface area contributed by atoms with Gasteiger partial charge in [0.05, 0.1) is 30.1 Å². The molecule has 29 heavy (non-hydrogen) atoms. The lowest BCUT2D eigenvalue weighted by Crippen LogP contribution is -2.48. The summed E-state index contributed by atoms with van der Waals surface area (Å²) in [5.74, 6) is 1.05. The lowest BCUT2D eigenvalue weighted by molar-refractivity contribution is -0.132. The minimum absolute atomic E-state index is 0.197. The zero-order valence-electron chi connectivity index (χ0n) is 16.5. The second-order valence-electron chi connectivity index (χ2n) is 7.01. The van der Waals surface area contributed by atoms with Crippen LogP contribution in [0.3, 0.4) is 0 Å². The van der Waals surface area contributed by atoms with Crippen LogP contribution in [-0.4, -0.2) is 53.5 Å². The van der Waals surface area contributed by atoms with Gasteiger partial charge in [0.25, 0.3) is 0 Å². The highest BCUT2D eigenvalue weighted by Crippen LogP contribution is 2.26. The van der Waals surface area contributed by atoms with Gasteiger partial charge < -0.3 is 9.64 Å². The van der Waals surface area contributed by atoms with Crippen molar-refractivity contribution in [1.29, 1.82) is 0 Å².